The lowest BCUT2D eigenvalue weighted by Crippen LogP contribution is -2.45. The molecule has 0 saturated heterocycles. The summed E-state index contributed by atoms with van der Waals surface area (Å²) in [7, 11) is 0. The Kier molecular flexibility index (Phi) is 3.83. The Morgan fingerprint density at radius 1 is 1.10 bits per heavy atom. The van der Waals surface area contributed by atoms with Gasteiger partial charge in [-0.15, -0.1) is 5.10 Å². The van der Waals surface area contributed by atoms with E-state index >= 15 is 0 Å². The van der Waals surface area contributed by atoms with Crippen molar-refractivity contribution < 1.29 is 4.74 Å². The fourth-order valence-electron chi connectivity index (χ4n) is 2.90. The molecule has 3 rings (SSSR count). The fraction of sp³-hybridized carbons (Fsp3) is 0.500. The van der Waals surface area contributed by atoms with Crippen LogP contribution in [0, 0.1) is 0 Å². The van der Waals surface area contributed by atoms with E-state index in [1.165, 1.54) is 25.7 Å². The first-order valence-electron chi connectivity index (χ1n) is 7.39. The second kappa shape index (κ2) is 5.75. The number of hydrogen-bond acceptors (Lipinski definition) is 4. The van der Waals surface area contributed by atoms with E-state index < -0.39 is 0 Å². The van der Waals surface area contributed by atoms with Crippen molar-refractivity contribution in [3.63, 3.8) is 0 Å². The molecule has 0 spiro atoms. The first kappa shape index (κ1) is 13.3. The van der Waals surface area contributed by atoms with Gasteiger partial charge in [-0.1, -0.05) is 43.9 Å². The minimum atomic E-state index is -0.213. The van der Waals surface area contributed by atoms with E-state index in [1.807, 2.05) is 24.3 Å². The smallest absolute Gasteiger partial charge is 0.241 e. The zero-order valence-corrected chi connectivity index (χ0v) is 11.7. The zero-order valence-electron chi connectivity index (χ0n) is 11.7. The monoisotopic (exact) mass is 271 g/mol. The Bertz CT molecular complexity index is 571. The SMILES string of the molecule is NC1(COc2nncc3ccccc23)CCCCCC1. The van der Waals surface area contributed by atoms with Crippen LogP contribution in [-0.4, -0.2) is 22.3 Å². The molecule has 0 aliphatic heterocycles. The molecule has 1 heterocycles. The van der Waals surface area contributed by atoms with Crippen LogP contribution < -0.4 is 10.5 Å². The van der Waals surface area contributed by atoms with E-state index in [4.69, 9.17) is 10.5 Å². The summed E-state index contributed by atoms with van der Waals surface area (Å²) < 4.78 is 5.92. The molecule has 0 radical (unpaired) electrons. The van der Waals surface area contributed by atoms with Gasteiger partial charge in [0.25, 0.3) is 0 Å². The molecule has 2 N–H and O–H groups in total. The Labute approximate surface area is 119 Å². The van der Waals surface area contributed by atoms with E-state index in [0.717, 1.165) is 23.6 Å². The van der Waals surface area contributed by atoms with Crippen LogP contribution >= 0.6 is 0 Å². The quantitative estimate of drug-likeness (QED) is 0.872. The highest BCUT2D eigenvalue weighted by Crippen LogP contribution is 2.27. The first-order valence-corrected chi connectivity index (χ1v) is 7.39. The van der Waals surface area contributed by atoms with Crippen molar-refractivity contribution >= 4 is 10.8 Å². The van der Waals surface area contributed by atoms with Gasteiger partial charge in [-0.2, -0.15) is 5.10 Å². The number of nitrogens with zero attached hydrogens (tertiary/aromatic N) is 2. The highest BCUT2D eigenvalue weighted by atomic mass is 16.5. The van der Waals surface area contributed by atoms with E-state index in [0.29, 0.717) is 12.5 Å². The predicted molar refractivity (Wildman–Crippen MR) is 79.7 cm³/mol. The topological polar surface area (TPSA) is 61.0 Å². The van der Waals surface area contributed by atoms with Crippen LogP contribution in [0.3, 0.4) is 0 Å². The first-order chi connectivity index (χ1) is 9.77. The van der Waals surface area contributed by atoms with Gasteiger partial charge in [0.15, 0.2) is 0 Å². The van der Waals surface area contributed by atoms with E-state index in [1.54, 1.807) is 6.20 Å². The molecule has 0 unspecified atom stereocenters. The number of aromatic nitrogens is 2. The van der Waals surface area contributed by atoms with Crippen molar-refractivity contribution in [2.75, 3.05) is 6.61 Å². The van der Waals surface area contributed by atoms with Crippen LogP contribution in [0.1, 0.15) is 38.5 Å². The Hall–Kier alpha value is -1.68. The summed E-state index contributed by atoms with van der Waals surface area (Å²) in [5.41, 5.74) is 6.26. The normalized spacial score (nSPS) is 18.6. The van der Waals surface area contributed by atoms with E-state index in [-0.39, 0.29) is 5.54 Å². The highest BCUT2D eigenvalue weighted by molar-refractivity contribution is 5.85. The second-order valence-corrected chi connectivity index (χ2v) is 5.80. The molecular weight excluding hydrogens is 250 g/mol. The van der Waals surface area contributed by atoms with E-state index in [9.17, 15) is 0 Å². The van der Waals surface area contributed by atoms with Gasteiger partial charge in [0.2, 0.25) is 5.88 Å². The number of rotatable bonds is 3. The molecule has 106 valence electrons. The molecular formula is C16H21N3O. The summed E-state index contributed by atoms with van der Waals surface area (Å²) in [6.45, 7) is 0.523. The third-order valence-electron chi connectivity index (χ3n) is 4.13. The van der Waals surface area contributed by atoms with Crippen LogP contribution in [0.5, 0.6) is 5.88 Å². The summed E-state index contributed by atoms with van der Waals surface area (Å²) in [4.78, 5) is 0. The summed E-state index contributed by atoms with van der Waals surface area (Å²) in [5, 5.41) is 10.2. The van der Waals surface area contributed by atoms with Crippen molar-refractivity contribution in [3.05, 3.63) is 30.5 Å². The minimum absolute atomic E-state index is 0.213. The van der Waals surface area contributed by atoms with Gasteiger partial charge in [0.1, 0.15) is 6.61 Å². The third-order valence-corrected chi connectivity index (χ3v) is 4.13. The van der Waals surface area contributed by atoms with Crippen LogP contribution in [0.4, 0.5) is 0 Å². The maximum Gasteiger partial charge on any atom is 0.241 e. The number of hydrogen-bond donors (Lipinski definition) is 1. The van der Waals surface area contributed by atoms with Gasteiger partial charge in [-0.05, 0) is 18.9 Å². The molecule has 1 aromatic heterocycles. The summed E-state index contributed by atoms with van der Waals surface area (Å²) in [5.74, 6) is 0.595. The molecule has 1 aromatic carbocycles. The average molecular weight is 271 g/mol. The van der Waals surface area contributed by atoms with Crippen LogP contribution in [0.25, 0.3) is 10.8 Å². The lowest BCUT2D eigenvalue weighted by Gasteiger charge is -2.27. The van der Waals surface area contributed by atoms with Crippen molar-refractivity contribution in [1.29, 1.82) is 0 Å². The fourth-order valence-corrected chi connectivity index (χ4v) is 2.90. The second-order valence-electron chi connectivity index (χ2n) is 5.80. The van der Waals surface area contributed by atoms with Crippen molar-refractivity contribution in [1.82, 2.24) is 10.2 Å². The van der Waals surface area contributed by atoms with Crippen molar-refractivity contribution in [3.8, 4) is 5.88 Å². The predicted octanol–water partition coefficient (Wildman–Crippen LogP) is 3.06. The third kappa shape index (κ3) is 2.90. The number of fused-ring (bicyclic) bond motifs is 1. The lowest BCUT2D eigenvalue weighted by atomic mass is 9.93. The highest BCUT2D eigenvalue weighted by Gasteiger charge is 2.27. The van der Waals surface area contributed by atoms with Gasteiger partial charge in [-0.3, -0.25) is 0 Å². The molecule has 4 heteroatoms. The van der Waals surface area contributed by atoms with Crippen LogP contribution in [0.15, 0.2) is 30.5 Å². The molecule has 1 aliphatic carbocycles. The van der Waals surface area contributed by atoms with Gasteiger partial charge in [0, 0.05) is 10.8 Å². The van der Waals surface area contributed by atoms with Crippen LogP contribution in [-0.2, 0) is 0 Å². The Balaban J connectivity index is 1.76. The number of ether oxygens (including phenoxy) is 1. The largest absolute Gasteiger partial charge is 0.474 e. The standard InChI is InChI=1S/C16H21N3O/c17-16(9-5-1-2-6-10-16)12-20-15-14-8-4-3-7-13(14)11-18-19-15/h3-4,7-8,11H,1-2,5-6,9-10,12,17H2. The molecule has 2 aromatic rings. The molecule has 1 aliphatic rings. The average Bonchev–Trinajstić information content (AvgIpc) is 2.70. The van der Waals surface area contributed by atoms with Crippen LogP contribution in [0.2, 0.25) is 0 Å². The zero-order chi connectivity index (χ0) is 13.8. The molecule has 0 atom stereocenters. The van der Waals surface area contributed by atoms with Gasteiger partial charge in [0.05, 0.1) is 11.7 Å². The van der Waals surface area contributed by atoms with Gasteiger partial charge in [-0.25, -0.2) is 0 Å². The lowest BCUT2D eigenvalue weighted by molar-refractivity contribution is 0.194. The van der Waals surface area contributed by atoms with Gasteiger partial charge < -0.3 is 10.5 Å². The molecule has 20 heavy (non-hydrogen) atoms. The number of benzene rings is 1. The molecule has 1 saturated carbocycles. The molecule has 1 fully saturated rings. The maximum absolute atomic E-state index is 6.48. The van der Waals surface area contributed by atoms with Crippen molar-refractivity contribution in [2.24, 2.45) is 5.73 Å². The molecule has 0 amide bonds. The minimum Gasteiger partial charge on any atom is -0.474 e. The Morgan fingerprint density at radius 3 is 2.65 bits per heavy atom. The summed E-state index contributed by atoms with van der Waals surface area (Å²) in [6, 6.07) is 8.00. The summed E-state index contributed by atoms with van der Waals surface area (Å²) in [6.07, 6.45) is 8.78. The van der Waals surface area contributed by atoms with E-state index in [2.05, 4.69) is 10.2 Å². The molecule has 4 nitrogen and oxygen atoms in total. The summed E-state index contributed by atoms with van der Waals surface area (Å²) >= 11 is 0. The Morgan fingerprint density at radius 2 is 1.85 bits per heavy atom. The van der Waals surface area contributed by atoms with Crippen molar-refractivity contribution in [2.45, 2.75) is 44.1 Å². The number of nitrogens with two attached hydrogens (primary N) is 1. The van der Waals surface area contributed by atoms with Gasteiger partial charge >= 0.3 is 0 Å². The molecule has 0 bridgehead atoms. The maximum atomic E-state index is 6.48.